The molecule has 0 aromatic rings. The molecule has 0 aromatic carbocycles. The van der Waals surface area contributed by atoms with Crippen LogP contribution in [-0.2, 0) is 41.7 Å². The molecule has 0 saturated heterocycles. The van der Waals surface area contributed by atoms with Gasteiger partial charge in [0.1, 0.15) is 0 Å². The molecule has 0 heterocycles. The molecular weight excluding hydrogens is 330 g/mol. The molecule has 0 aromatic heterocycles. The van der Waals surface area contributed by atoms with E-state index in [0.29, 0.717) is 0 Å². The maximum Gasteiger partial charge on any atom is 2.00 e. The Kier molecular flexibility index (Phi) is 24.8. The minimum atomic E-state index is -2.54. The van der Waals surface area contributed by atoms with E-state index in [0.717, 1.165) is 0 Å². The van der Waals surface area contributed by atoms with Gasteiger partial charge in [0.15, 0.2) is 0 Å². The first-order valence-corrected chi connectivity index (χ1v) is 5.48. The molecule has 4 nitrogen and oxygen atoms in total. The largest absolute Gasteiger partial charge is 2.00 e. The third-order valence-corrected chi connectivity index (χ3v) is 0. The van der Waals surface area contributed by atoms with Crippen molar-refractivity contribution < 1.29 is 17.5 Å². The van der Waals surface area contributed by atoms with Crippen molar-refractivity contribution in [3.63, 3.8) is 0 Å². The van der Waals surface area contributed by atoms with E-state index in [2.05, 4.69) is 22.4 Å². The van der Waals surface area contributed by atoms with E-state index in [9.17, 15) is 0 Å². The van der Waals surface area contributed by atoms with Crippen molar-refractivity contribution in [3.8, 4) is 0 Å². The van der Waals surface area contributed by atoms with Crippen LogP contribution in [0.5, 0.6) is 0 Å². The Morgan fingerprint density at radius 1 is 1.00 bits per heavy atom. The number of hydrogen-bond donors (Lipinski definition) is 2. The molecule has 0 fully saturated rings. The first-order valence-electron chi connectivity index (χ1n) is 1.10. The van der Waals surface area contributed by atoms with Gasteiger partial charge in [0.25, 0.3) is 0 Å². The van der Waals surface area contributed by atoms with Gasteiger partial charge in [-0.1, -0.05) is 0 Å². The standard InChI is InChI=1S/Ba.2H2O2S2/c;2*1-4(2)3/h;2*4H,(H,1,2,3)/q+2;;/p-2. The van der Waals surface area contributed by atoms with Crippen molar-refractivity contribution in [3.05, 3.63) is 0 Å². The Hall–Kier alpha value is 2.23. The fraction of sp³-hybridized carbons (Fsp3) is 0. The molecule has 9 heteroatoms. The van der Waals surface area contributed by atoms with Crippen molar-refractivity contribution in [2.45, 2.75) is 0 Å². The molecule has 0 aliphatic heterocycles. The molecule has 0 aliphatic carbocycles. The van der Waals surface area contributed by atoms with Crippen LogP contribution in [0.2, 0.25) is 0 Å². The van der Waals surface area contributed by atoms with Gasteiger partial charge in [-0.05, 0) is 41.7 Å². The molecule has 0 aliphatic rings. The van der Waals surface area contributed by atoms with Crippen LogP contribution < -0.4 is 0 Å². The van der Waals surface area contributed by atoms with Crippen LogP contribution in [-0.4, -0.2) is 66.4 Å². The maximum atomic E-state index is 8.85. The minimum absolute atomic E-state index is 0. The summed E-state index contributed by atoms with van der Waals surface area (Å²) in [5.41, 5.74) is 0. The van der Waals surface area contributed by atoms with Crippen molar-refractivity contribution in [2.75, 3.05) is 0 Å². The number of hydrogen-bond acceptors (Lipinski definition) is 6. The molecule has 0 bridgehead atoms. The summed E-state index contributed by atoms with van der Waals surface area (Å²) in [5, 5.41) is 0. The Labute approximate surface area is 106 Å². The van der Waals surface area contributed by atoms with Gasteiger partial charge in [-0.2, -0.15) is 0 Å². The molecule has 9 heavy (non-hydrogen) atoms. The van der Waals surface area contributed by atoms with Gasteiger partial charge >= 0.3 is 48.9 Å². The van der Waals surface area contributed by atoms with E-state index < -0.39 is 19.3 Å². The first-order chi connectivity index (χ1) is 3.46. The molecule has 2 atom stereocenters. The zero-order valence-corrected chi connectivity index (χ0v) is 11.9. The molecule has 52 valence electrons. The second kappa shape index (κ2) is 12.9. The summed E-state index contributed by atoms with van der Waals surface area (Å²) in [6, 6.07) is 0. The molecule has 0 amide bonds. The smallest absolute Gasteiger partial charge is 0.772 e. The van der Waals surface area contributed by atoms with Crippen molar-refractivity contribution in [2.24, 2.45) is 0 Å². The molecule has 0 rings (SSSR count). The van der Waals surface area contributed by atoms with Crippen LogP contribution >= 0.6 is 0 Å². The molecule has 0 N–H and O–H groups in total. The molecule has 0 radical (unpaired) electrons. The number of rotatable bonds is 0. The quantitative estimate of drug-likeness (QED) is 0.385. The maximum absolute atomic E-state index is 8.85. The Bertz CT molecular complexity index is 129. The zero-order chi connectivity index (χ0) is 7.15. The summed E-state index contributed by atoms with van der Waals surface area (Å²) in [6.07, 6.45) is 0. The van der Waals surface area contributed by atoms with E-state index in [1.807, 2.05) is 0 Å². The monoisotopic (exact) mass is 332 g/mol. The van der Waals surface area contributed by atoms with E-state index in [4.69, 9.17) is 17.5 Å². The molecule has 0 saturated carbocycles. The minimum Gasteiger partial charge on any atom is -0.772 e. The third kappa shape index (κ3) is 139. The molecule has 0 spiro atoms. The van der Waals surface area contributed by atoms with Crippen molar-refractivity contribution in [1.29, 1.82) is 0 Å². The van der Waals surface area contributed by atoms with Gasteiger partial charge < -0.3 is 9.11 Å². The summed E-state index contributed by atoms with van der Waals surface area (Å²) < 4.78 is 35.4. The fourth-order valence-corrected chi connectivity index (χ4v) is 0. The van der Waals surface area contributed by atoms with Crippen molar-refractivity contribution in [1.82, 2.24) is 0 Å². The van der Waals surface area contributed by atoms with E-state index in [1.165, 1.54) is 0 Å². The Balaban J connectivity index is -0.0000000720. The summed E-state index contributed by atoms with van der Waals surface area (Å²) in [4.78, 5) is 0. The molecule has 2 unspecified atom stereocenters. The van der Waals surface area contributed by atoms with E-state index >= 15 is 0 Å². The third-order valence-electron chi connectivity index (χ3n) is 0. The normalized spacial score (nSPS) is 13.6. The van der Waals surface area contributed by atoms with Crippen LogP contribution in [0.1, 0.15) is 0 Å². The van der Waals surface area contributed by atoms with Crippen LogP contribution in [0, 0.1) is 0 Å². The van der Waals surface area contributed by atoms with Crippen LogP contribution in [0.15, 0.2) is 0 Å². The topological polar surface area (TPSA) is 80.3 Å². The first kappa shape index (κ1) is 17.4. The predicted molar refractivity (Wildman–Crippen MR) is 41.1 cm³/mol. The summed E-state index contributed by atoms with van der Waals surface area (Å²) in [5.74, 6) is 0. The van der Waals surface area contributed by atoms with Gasteiger partial charge in [-0.15, -0.1) is 0 Å². The number of thiol groups is 2. The predicted octanol–water partition coefficient (Wildman–Crippen LogP) is -2.26. The summed E-state index contributed by atoms with van der Waals surface area (Å²) >= 11 is 7.15. The van der Waals surface area contributed by atoms with Gasteiger partial charge in [0.05, 0.1) is 0 Å². The molecular formula is H2BaO4S4. The van der Waals surface area contributed by atoms with Gasteiger partial charge in [-0.25, -0.2) is 0 Å². The van der Waals surface area contributed by atoms with Gasteiger partial charge in [0, 0.05) is 0 Å². The van der Waals surface area contributed by atoms with Crippen molar-refractivity contribution >= 4 is 90.5 Å². The van der Waals surface area contributed by atoms with Crippen LogP contribution in [0.25, 0.3) is 0 Å². The van der Waals surface area contributed by atoms with Gasteiger partial charge in [0.2, 0.25) is 0 Å². The second-order valence-corrected chi connectivity index (χ2v) is 3.13. The van der Waals surface area contributed by atoms with Crippen LogP contribution in [0.4, 0.5) is 0 Å². The second-order valence-electron chi connectivity index (χ2n) is 0.447. The summed E-state index contributed by atoms with van der Waals surface area (Å²) in [6.45, 7) is 0. The Morgan fingerprint density at radius 2 is 1.00 bits per heavy atom. The van der Waals surface area contributed by atoms with E-state index in [1.54, 1.807) is 0 Å². The average Bonchev–Trinajstić information content (AvgIpc) is 1.25. The Morgan fingerprint density at radius 3 is 1.00 bits per heavy atom. The zero-order valence-electron chi connectivity index (χ0n) is 4.05. The van der Waals surface area contributed by atoms with Crippen LogP contribution in [0.3, 0.4) is 0 Å². The average molecular weight is 332 g/mol. The van der Waals surface area contributed by atoms with Gasteiger partial charge in [-0.3, -0.25) is 8.42 Å². The summed E-state index contributed by atoms with van der Waals surface area (Å²) in [7, 11) is -5.07. The van der Waals surface area contributed by atoms with E-state index in [-0.39, 0.29) is 48.9 Å². The SMILES string of the molecule is O=[SH]([O-])=S.O=[SH]([O-])=S.[Ba+2]. The fourth-order valence-electron chi connectivity index (χ4n) is 0.